The van der Waals surface area contributed by atoms with Gasteiger partial charge < -0.3 is 5.32 Å². The van der Waals surface area contributed by atoms with Crippen molar-refractivity contribution in [1.29, 1.82) is 0 Å². The lowest BCUT2D eigenvalue weighted by atomic mass is 10.2. The summed E-state index contributed by atoms with van der Waals surface area (Å²) in [5.41, 5.74) is 2.32. The fraction of sp³-hybridized carbons (Fsp3) is 0.105. The van der Waals surface area contributed by atoms with Crippen molar-refractivity contribution in [1.82, 2.24) is 19.6 Å². The highest BCUT2D eigenvalue weighted by Crippen LogP contribution is 2.24. The Kier molecular flexibility index (Phi) is 5.09. The third kappa shape index (κ3) is 4.32. The molecule has 1 N–H and O–H groups in total. The highest BCUT2D eigenvalue weighted by molar-refractivity contribution is 7.98. The van der Waals surface area contributed by atoms with Gasteiger partial charge in [0.1, 0.15) is 11.6 Å². The van der Waals surface area contributed by atoms with E-state index >= 15 is 0 Å². The average Bonchev–Trinajstić information content (AvgIpc) is 3.11. The van der Waals surface area contributed by atoms with Crippen molar-refractivity contribution < 1.29 is 9.31 Å². The summed E-state index contributed by atoms with van der Waals surface area (Å²) in [4.78, 5) is 19.3. The highest BCUT2D eigenvalue weighted by Gasteiger charge is 2.12. The van der Waals surface area contributed by atoms with Crippen LogP contribution in [0.4, 0.5) is 21.6 Å². The number of aromatic nitrogens is 4. The first-order valence-corrected chi connectivity index (χ1v) is 9.60. The van der Waals surface area contributed by atoms with Crippen LogP contribution in [0.1, 0.15) is 11.3 Å². The van der Waals surface area contributed by atoms with Gasteiger partial charge in [-0.2, -0.15) is 9.50 Å². The summed E-state index contributed by atoms with van der Waals surface area (Å²) in [6, 6.07) is 14.3. The molecule has 0 saturated carbocycles. The number of nitro benzene ring substituents is 1. The number of rotatable bonds is 6. The lowest BCUT2D eigenvalue weighted by molar-refractivity contribution is -0.384. The van der Waals surface area contributed by atoms with Gasteiger partial charge in [0, 0.05) is 35.3 Å². The van der Waals surface area contributed by atoms with Crippen LogP contribution in [0.3, 0.4) is 0 Å². The molecule has 0 radical (unpaired) electrons. The van der Waals surface area contributed by atoms with Crippen LogP contribution in [-0.4, -0.2) is 24.5 Å². The van der Waals surface area contributed by atoms with E-state index < -0.39 is 4.92 Å². The summed E-state index contributed by atoms with van der Waals surface area (Å²) >= 11 is 1.36. The molecule has 0 bridgehead atoms. The molecule has 2 aromatic carbocycles. The van der Waals surface area contributed by atoms with E-state index in [9.17, 15) is 14.5 Å². The van der Waals surface area contributed by atoms with Gasteiger partial charge in [0.15, 0.2) is 0 Å². The molecule has 0 spiro atoms. The fourth-order valence-electron chi connectivity index (χ4n) is 2.71. The summed E-state index contributed by atoms with van der Waals surface area (Å²) in [5.74, 6) is 1.25. The largest absolute Gasteiger partial charge is 0.340 e. The third-order valence-electron chi connectivity index (χ3n) is 4.03. The number of fused-ring (bicyclic) bond motifs is 1. The molecule has 146 valence electrons. The topological polar surface area (TPSA) is 98.2 Å². The Bertz CT molecular complexity index is 1200. The van der Waals surface area contributed by atoms with E-state index in [1.54, 1.807) is 22.7 Å². The summed E-state index contributed by atoms with van der Waals surface area (Å²) in [6.07, 6.45) is 0. The summed E-state index contributed by atoms with van der Waals surface area (Å²) in [7, 11) is 0. The molecule has 29 heavy (non-hydrogen) atoms. The zero-order valence-corrected chi connectivity index (χ0v) is 16.1. The quantitative estimate of drug-likeness (QED) is 0.283. The van der Waals surface area contributed by atoms with Gasteiger partial charge in [-0.05, 0) is 36.8 Å². The molecule has 0 saturated heterocycles. The molecule has 0 aliphatic heterocycles. The summed E-state index contributed by atoms with van der Waals surface area (Å²) < 4.78 is 14.7. The lowest BCUT2D eigenvalue weighted by Crippen LogP contribution is -2.02. The zero-order valence-electron chi connectivity index (χ0n) is 15.2. The van der Waals surface area contributed by atoms with Crippen LogP contribution in [0.2, 0.25) is 0 Å². The summed E-state index contributed by atoms with van der Waals surface area (Å²) in [5, 5.41) is 19.1. The van der Waals surface area contributed by atoms with Gasteiger partial charge in [-0.1, -0.05) is 23.9 Å². The second-order valence-corrected chi connectivity index (χ2v) is 7.18. The van der Waals surface area contributed by atoms with Crippen molar-refractivity contribution in [3.05, 3.63) is 81.8 Å². The first kappa shape index (κ1) is 18.8. The maximum Gasteiger partial charge on any atom is 0.269 e. The van der Waals surface area contributed by atoms with Crippen LogP contribution in [0.25, 0.3) is 5.78 Å². The molecule has 0 fully saturated rings. The number of hydrogen-bond acceptors (Lipinski definition) is 7. The predicted octanol–water partition coefficient (Wildman–Crippen LogP) is 4.52. The fourth-order valence-corrected chi connectivity index (χ4v) is 3.47. The number of nitrogens with zero attached hydrogens (tertiary/aromatic N) is 5. The van der Waals surface area contributed by atoms with Crippen LogP contribution in [0, 0.1) is 22.9 Å². The van der Waals surface area contributed by atoms with Gasteiger partial charge >= 0.3 is 0 Å². The van der Waals surface area contributed by atoms with Crippen LogP contribution in [-0.2, 0) is 5.75 Å². The molecular formula is C19H15FN6O2S. The van der Waals surface area contributed by atoms with Crippen molar-refractivity contribution in [2.75, 3.05) is 5.32 Å². The molecule has 0 unspecified atom stereocenters. The van der Waals surface area contributed by atoms with Crippen LogP contribution >= 0.6 is 11.8 Å². The van der Waals surface area contributed by atoms with Gasteiger partial charge in [0.25, 0.3) is 11.5 Å². The molecule has 4 aromatic rings. The van der Waals surface area contributed by atoms with E-state index in [4.69, 9.17) is 0 Å². The third-order valence-corrected chi connectivity index (χ3v) is 4.94. The molecular weight excluding hydrogens is 395 g/mol. The monoisotopic (exact) mass is 410 g/mol. The molecule has 0 aliphatic carbocycles. The van der Waals surface area contributed by atoms with Gasteiger partial charge in [-0.15, -0.1) is 5.10 Å². The second-order valence-electron chi connectivity index (χ2n) is 6.24. The van der Waals surface area contributed by atoms with E-state index in [0.29, 0.717) is 28.2 Å². The van der Waals surface area contributed by atoms with Crippen molar-refractivity contribution in [3.8, 4) is 0 Å². The first-order chi connectivity index (χ1) is 14.0. The van der Waals surface area contributed by atoms with Crippen LogP contribution in [0.5, 0.6) is 0 Å². The molecule has 8 nitrogen and oxygen atoms in total. The number of non-ortho nitro benzene ring substituents is 1. The number of aryl methyl sites for hydroxylation is 1. The Morgan fingerprint density at radius 1 is 1.17 bits per heavy atom. The first-order valence-electron chi connectivity index (χ1n) is 8.61. The Hall–Kier alpha value is -3.53. The van der Waals surface area contributed by atoms with E-state index in [0.717, 1.165) is 11.3 Å². The highest BCUT2D eigenvalue weighted by atomic mass is 32.2. The molecule has 2 heterocycles. The zero-order chi connectivity index (χ0) is 20.4. The summed E-state index contributed by atoms with van der Waals surface area (Å²) in [6.45, 7) is 1.85. The van der Waals surface area contributed by atoms with E-state index in [1.165, 1.54) is 36.0 Å². The van der Waals surface area contributed by atoms with Crippen molar-refractivity contribution >= 4 is 34.7 Å². The smallest absolute Gasteiger partial charge is 0.269 e. The number of hydrogen-bond donors (Lipinski definition) is 1. The maximum absolute atomic E-state index is 13.1. The van der Waals surface area contributed by atoms with Crippen molar-refractivity contribution in [2.45, 2.75) is 17.8 Å². The number of nitrogens with one attached hydrogen (secondary N) is 1. The lowest BCUT2D eigenvalue weighted by Gasteiger charge is -2.08. The molecule has 0 aliphatic rings. The Morgan fingerprint density at radius 2 is 1.97 bits per heavy atom. The molecule has 4 rings (SSSR count). The van der Waals surface area contributed by atoms with E-state index in [2.05, 4.69) is 20.4 Å². The van der Waals surface area contributed by atoms with E-state index in [-0.39, 0.29) is 11.5 Å². The number of benzene rings is 2. The average molecular weight is 410 g/mol. The second kappa shape index (κ2) is 7.84. The minimum Gasteiger partial charge on any atom is -0.340 e. The van der Waals surface area contributed by atoms with Gasteiger partial charge in [0.2, 0.25) is 5.16 Å². The normalized spacial score (nSPS) is 11.0. The number of anilines is 2. The van der Waals surface area contributed by atoms with Crippen molar-refractivity contribution in [2.24, 2.45) is 0 Å². The minimum absolute atomic E-state index is 0.0501. The SMILES string of the molecule is Cc1cc(Nc2ccc(F)cc2)n2nc(SCc3cccc([N+](=O)[O-])c3)nc2n1. The standard InChI is InChI=1S/C19H15FN6O2S/c1-12-9-17(22-15-7-5-14(20)6-8-15)25-18(21-12)23-19(24-25)29-11-13-3-2-4-16(10-13)26(27)28/h2-10,22H,11H2,1H3. The molecule has 0 amide bonds. The predicted molar refractivity (Wildman–Crippen MR) is 108 cm³/mol. The molecule has 0 atom stereocenters. The Morgan fingerprint density at radius 3 is 2.72 bits per heavy atom. The van der Waals surface area contributed by atoms with Gasteiger partial charge in [0.05, 0.1) is 4.92 Å². The van der Waals surface area contributed by atoms with E-state index in [1.807, 2.05) is 19.1 Å². The van der Waals surface area contributed by atoms with Gasteiger partial charge in [-0.25, -0.2) is 9.37 Å². The molecule has 10 heteroatoms. The number of nitro groups is 1. The molecule has 2 aromatic heterocycles. The number of thioether (sulfide) groups is 1. The number of halogens is 1. The maximum atomic E-state index is 13.1. The Labute approximate surface area is 169 Å². The van der Waals surface area contributed by atoms with Crippen molar-refractivity contribution in [3.63, 3.8) is 0 Å². The van der Waals surface area contributed by atoms with Crippen LogP contribution < -0.4 is 5.32 Å². The Balaban J connectivity index is 1.58. The minimum atomic E-state index is -0.419. The van der Waals surface area contributed by atoms with Gasteiger partial charge in [-0.3, -0.25) is 10.1 Å². The van der Waals surface area contributed by atoms with Crippen LogP contribution in [0.15, 0.2) is 59.8 Å².